The molecule has 2 aliphatic heterocycles. The highest BCUT2D eigenvalue weighted by atomic mass is 79.9. The summed E-state index contributed by atoms with van der Waals surface area (Å²) in [5.41, 5.74) is 6.98. The first-order valence-electron chi connectivity index (χ1n) is 17.0. The number of ether oxygens (including phenoxy) is 1. The Morgan fingerprint density at radius 2 is 1.73 bits per heavy atom. The van der Waals surface area contributed by atoms with Gasteiger partial charge in [0.25, 0.3) is 0 Å². The van der Waals surface area contributed by atoms with Crippen LogP contribution in [0.4, 0.5) is 28.8 Å². The Bertz CT molecular complexity index is 1810. The highest BCUT2D eigenvalue weighted by molar-refractivity contribution is 9.10. The summed E-state index contributed by atoms with van der Waals surface area (Å²) in [6.07, 6.45) is 5.05. The van der Waals surface area contributed by atoms with E-state index in [2.05, 4.69) is 110 Å². The van der Waals surface area contributed by atoms with Gasteiger partial charge in [-0.25, -0.2) is 4.98 Å². The van der Waals surface area contributed by atoms with Crippen LogP contribution in [0.15, 0.2) is 65.3 Å². The number of methoxy groups -OCH3 is 1. The van der Waals surface area contributed by atoms with Crippen molar-refractivity contribution in [3.63, 3.8) is 0 Å². The Balaban J connectivity index is 1.20. The van der Waals surface area contributed by atoms with Gasteiger partial charge >= 0.3 is 0 Å². The molecular weight excluding hydrogens is 695 g/mol. The van der Waals surface area contributed by atoms with Crippen molar-refractivity contribution >= 4 is 58.0 Å². The number of anilines is 5. The number of aryl methyl sites for hydroxylation is 1. The number of hydrogen-bond acceptors (Lipinski definition) is 9. The lowest BCUT2D eigenvalue weighted by atomic mass is 9.99. The van der Waals surface area contributed by atoms with Gasteiger partial charge in [-0.1, -0.05) is 39.1 Å². The minimum Gasteiger partial charge on any atom is -0.494 e. The molecule has 0 spiro atoms. The molecule has 0 atom stereocenters. The average molecular weight is 742 g/mol. The number of nitriles is 1. The Kier molecular flexibility index (Phi) is 11.4. The van der Waals surface area contributed by atoms with E-state index in [4.69, 9.17) is 9.72 Å². The second-order valence-electron chi connectivity index (χ2n) is 13.0. The Morgan fingerprint density at radius 1 is 0.980 bits per heavy atom. The molecule has 9 nitrogen and oxygen atoms in total. The SMILES string of the molecule is CCc1cc(Nc2ncc(Br)c(Nc3ccc(-c4ccccc4C#N)cc3P(C)C)n2)c(OC)cc1N1CCC(N2CCN(C)CC2)CC1. The van der Waals surface area contributed by atoms with Gasteiger partial charge < -0.3 is 25.2 Å². The van der Waals surface area contributed by atoms with Gasteiger partial charge in [-0.3, -0.25) is 4.90 Å². The van der Waals surface area contributed by atoms with Crippen LogP contribution in [0.3, 0.4) is 0 Å². The third-order valence-electron chi connectivity index (χ3n) is 9.72. The average Bonchev–Trinajstić information content (AvgIpc) is 3.13. The van der Waals surface area contributed by atoms with Gasteiger partial charge in [0.1, 0.15) is 11.6 Å². The minimum absolute atomic E-state index is 0.464. The number of rotatable bonds is 10. The van der Waals surface area contributed by atoms with E-state index >= 15 is 0 Å². The first-order chi connectivity index (χ1) is 23.8. The van der Waals surface area contributed by atoms with Crippen LogP contribution in [-0.4, -0.2) is 92.6 Å². The zero-order valence-corrected chi connectivity index (χ0v) is 31.6. The van der Waals surface area contributed by atoms with E-state index in [9.17, 15) is 5.26 Å². The van der Waals surface area contributed by atoms with E-state index in [1.807, 2.05) is 24.3 Å². The molecule has 0 unspecified atom stereocenters. The molecule has 2 N–H and O–H groups in total. The predicted molar refractivity (Wildman–Crippen MR) is 208 cm³/mol. The second-order valence-corrected chi connectivity index (χ2v) is 16.1. The van der Waals surface area contributed by atoms with Crippen LogP contribution < -0.4 is 25.6 Å². The molecule has 49 heavy (non-hydrogen) atoms. The van der Waals surface area contributed by atoms with Crippen LogP contribution in [-0.2, 0) is 6.42 Å². The quantitative estimate of drug-likeness (QED) is 0.161. The largest absolute Gasteiger partial charge is 0.494 e. The van der Waals surface area contributed by atoms with E-state index in [0.29, 0.717) is 23.4 Å². The number of nitrogens with zero attached hydrogens (tertiary/aromatic N) is 6. The van der Waals surface area contributed by atoms with E-state index < -0.39 is 7.92 Å². The van der Waals surface area contributed by atoms with Gasteiger partial charge in [0.2, 0.25) is 5.95 Å². The van der Waals surface area contributed by atoms with Crippen molar-refractivity contribution in [3.8, 4) is 22.9 Å². The maximum absolute atomic E-state index is 9.67. The summed E-state index contributed by atoms with van der Waals surface area (Å²) in [6, 6.07) is 21.4. The molecule has 0 radical (unpaired) electrons. The fourth-order valence-electron chi connectivity index (χ4n) is 6.89. The number of nitrogens with one attached hydrogen (secondary N) is 2. The first-order valence-corrected chi connectivity index (χ1v) is 20.1. The van der Waals surface area contributed by atoms with Crippen molar-refractivity contribution in [1.29, 1.82) is 5.26 Å². The summed E-state index contributed by atoms with van der Waals surface area (Å²) in [4.78, 5) is 17.1. The molecule has 2 saturated heterocycles. The number of piperidine rings is 1. The fraction of sp³-hybridized carbons (Fsp3) is 0.395. The van der Waals surface area contributed by atoms with E-state index in [-0.39, 0.29) is 0 Å². The topological polar surface area (TPSA) is 92.6 Å². The van der Waals surface area contributed by atoms with Gasteiger partial charge in [0.15, 0.2) is 0 Å². The van der Waals surface area contributed by atoms with Crippen LogP contribution >= 0.6 is 23.9 Å². The molecule has 6 rings (SSSR count). The summed E-state index contributed by atoms with van der Waals surface area (Å²) in [5, 5.41) is 17.9. The number of hydrogen-bond donors (Lipinski definition) is 2. The second kappa shape index (κ2) is 15.9. The summed E-state index contributed by atoms with van der Waals surface area (Å²) in [6.45, 7) is 13.5. The van der Waals surface area contributed by atoms with Crippen LogP contribution in [0.1, 0.15) is 30.9 Å². The fourth-order valence-corrected chi connectivity index (χ4v) is 8.19. The van der Waals surface area contributed by atoms with Crippen molar-refractivity contribution in [2.75, 3.05) is 82.3 Å². The zero-order valence-electron chi connectivity index (χ0n) is 29.1. The van der Waals surface area contributed by atoms with Gasteiger partial charge in [-0.15, -0.1) is 0 Å². The van der Waals surface area contributed by atoms with Gasteiger partial charge in [0.05, 0.1) is 28.9 Å². The smallest absolute Gasteiger partial charge is 0.229 e. The number of likely N-dealkylation sites (N-methyl/N-ethyl adjacent to an activating group) is 1. The molecule has 1 aromatic heterocycles. The maximum Gasteiger partial charge on any atom is 0.229 e. The van der Waals surface area contributed by atoms with E-state index in [1.165, 1.54) is 42.5 Å². The molecule has 0 aliphatic carbocycles. The molecule has 3 aromatic carbocycles. The Morgan fingerprint density at radius 3 is 2.43 bits per heavy atom. The monoisotopic (exact) mass is 740 g/mol. The highest BCUT2D eigenvalue weighted by Gasteiger charge is 2.28. The molecular formula is C38H46BrN8OP. The molecule has 0 amide bonds. The van der Waals surface area contributed by atoms with Crippen LogP contribution in [0.5, 0.6) is 5.75 Å². The summed E-state index contributed by atoms with van der Waals surface area (Å²) in [7, 11) is 3.48. The van der Waals surface area contributed by atoms with E-state index in [0.717, 1.165) is 65.3 Å². The number of halogens is 1. The minimum atomic E-state index is -0.464. The third kappa shape index (κ3) is 8.02. The molecule has 0 bridgehead atoms. The highest BCUT2D eigenvalue weighted by Crippen LogP contribution is 2.38. The number of aromatic nitrogens is 2. The van der Waals surface area contributed by atoms with Crippen molar-refractivity contribution in [2.24, 2.45) is 0 Å². The Labute approximate surface area is 300 Å². The molecule has 256 valence electrons. The standard InChI is InChI=1S/C38H46BrN8OP/c1-6-26-21-33(35(48-3)23-34(26)47-15-13-29(14-16-47)46-19-17-45(2)18-20-46)43-38-41-25-31(39)37(44-38)42-32-12-11-27(22-36(32)49(4)5)30-10-8-7-9-28(30)24-40/h7-12,21-23,25,29H,6,13-20H2,1-5H3,(H2,41,42,43,44). The molecule has 0 saturated carbocycles. The van der Waals surface area contributed by atoms with Gasteiger partial charge in [-0.05, 0) is 102 Å². The van der Waals surface area contributed by atoms with E-state index in [1.54, 1.807) is 13.3 Å². The molecule has 3 heterocycles. The Hall–Kier alpha value is -3.74. The van der Waals surface area contributed by atoms with Crippen molar-refractivity contribution in [1.82, 2.24) is 19.8 Å². The lowest BCUT2D eigenvalue weighted by molar-refractivity contribution is 0.0982. The first kappa shape index (κ1) is 35.1. The van der Waals surface area contributed by atoms with Crippen molar-refractivity contribution in [2.45, 2.75) is 32.2 Å². The number of piperazine rings is 1. The van der Waals surface area contributed by atoms with Crippen molar-refractivity contribution in [3.05, 3.63) is 76.4 Å². The van der Waals surface area contributed by atoms with Gasteiger partial charge in [-0.2, -0.15) is 10.2 Å². The lowest BCUT2D eigenvalue weighted by Crippen LogP contribution is -2.52. The molecule has 2 fully saturated rings. The normalized spacial score (nSPS) is 16.1. The van der Waals surface area contributed by atoms with Crippen molar-refractivity contribution < 1.29 is 4.74 Å². The van der Waals surface area contributed by atoms with Crippen LogP contribution in [0.25, 0.3) is 11.1 Å². The van der Waals surface area contributed by atoms with Crippen LogP contribution in [0.2, 0.25) is 0 Å². The predicted octanol–water partition coefficient (Wildman–Crippen LogP) is 7.42. The molecule has 2 aliphatic rings. The van der Waals surface area contributed by atoms with Gasteiger partial charge in [0, 0.05) is 68.9 Å². The maximum atomic E-state index is 9.67. The third-order valence-corrected chi connectivity index (χ3v) is 11.6. The van der Waals surface area contributed by atoms with Crippen LogP contribution in [0, 0.1) is 11.3 Å². The molecule has 11 heteroatoms. The zero-order chi connectivity index (χ0) is 34.5. The summed E-state index contributed by atoms with van der Waals surface area (Å²) >= 11 is 3.66. The lowest BCUT2D eigenvalue weighted by Gasteiger charge is -2.43. The number of benzene rings is 3. The summed E-state index contributed by atoms with van der Waals surface area (Å²) < 4.78 is 6.69. The molecule has 4 aromatic rings. The summed E-state index contributed by atoms with van der Waals surface area (Å²) in [5.74, 6) is 1.91.